The van der Waals surface area contributed by atoms with Gasteiger partial charge in [0.2, 0.25) is 0 Å². The van der Waals surface area contributed by atoms with Crippen LogP contribution in [0.2, 0.25) is 0 Å². The first-order chi connectivity index (χ1) is 10.1. The number of nitrogens with two attached hydrogens (primary N) is 1. The number of aryl methyl sites for hydroxylation is 1. The Morgan fingerprint density at radius 3 is 2.81 bits per heavy atom. The summed E-state index contributed by atoms with van der Waals surface area (Å²) in [5.74, 6) is 0.532. The second-order valence-electron chi connectivity index (χ2n) is 5.88. The van der Waals surface area contributed by atoms with Gasteiger partial charge in [0.15, 0.2) is 5.65 Å². The first-order valence-corrected chi connectivity index (χ1v) is 7.42. The van der Waals surface area contributed by atoms with Crippen molar-refractivity contribution in [1.29, 1.82) is 0 Å². The number of hydrogen-bond acceptors (Lipinski definition) is 4. The van der Waals surface area contributed by atoms with Crippen LogP contribution in [0.1, 0.15) is 35.8 Å². The third-order valence-corrected chi connectivity index (χ3v) is 4.31. The van der Waals surface area contributed by atoms with E-state index in [0.717, 1.165) is 31.6 Å². The molecule has 0 radical (unpaired) electrons. The normalized spacial score (nSPS) is 18.1. The van der Waals surface area contributed by atoms with Crippen molar-refractivity contribution in [1.82, 2.24) is 19.5 Å². The van der Waals surface area contributed by atoms with Crippen molar-refractivity contribution in [2.24, 2.45) is 11.7 Å². The van der Waals surface area contributed by atoms with Crippen molar-refractivity contribution in [2.75, 3.05) is 13.1 Å². The summed E-state index contributed by atoms with van der Waals surface area (Å²) in [5, 5.41) is 4.21. The molecule has 2 aromatic rings. The number of aromatic nitrogens is 3. The Balaban J connectivity index is 1.80. The van der Waals surface area contributed by atoms with Crippen molar-refractivity contribution in [3.8, 4) is 0 Å². The molecule has 1 fully saturated rings. The molecule has 112 valence electrons. The fourth-order valence-corrected chi connectivity index (χ4v) is 2.91. The molecule has 2 aromatic heterocycles. The van der Waals surface area contributed by atoms with E-state index in [-0.39, 0.29) is 11.9 Å². The molecule has 1 atom stereocenters. The molecule has 1 aliphatic rings. The van der Waals surface area contributed by atoms with E-state index in [4.69, 9.17) is 5.73 Å². The van der Waals surface area contributed by atoms with Gasteiger partial charge in [0.1, 0.15) is 5.56 Å². The second kappa shape index (κ2) is 5.44. The maximum atomic E-state index is 12.7. The molecule has 6 heteroatoms. The van der Waals surface area contributed by atoms with E-state index >= 15 is 0 Å². The van der Waals surface area contributed by atoms with Gasteiger partial charge in [0.05, 0.1) is 6.20 Å². The van der Waals surface area contributed by atoms with Gasteiger partial charge >= 0.3 is 0 Å². The van der Waals surface area contributed by atoms with Crippen molar-refractivity contribution in [3.05, 3.63) is 29.7 Å². The molecule has 1 amide bonds. The lowest BCUT2D eigenvalue weighted by molar-refractivity contribution is 0.0682. The summed E-state index contributed by atoms with van der Waals surface area (Å²) in [6.45, 7) is 5.47. The number of fused-ring (bicyclic) bond motifs is 1. The van der Waals surface area contributed by atoms with Crippen LogP contribution in [0.15, 0.2) is 18.5 Å². The average molecular weight is 287 g/mol. The maximum absolute atomic E-state index is 12.7. The van der Waals surface area contributed by atoms with Crippen LogP contribution >= 0.6 is 0 Å². The first kappa shape index (κ1) is 14.0. The predicted octanol–water partition coefficient (Wildman–Crippen LogP) is 1.24. The molecule has 1 aliphatic heterocycles. The lowest BCUT2D eigenvalue weighted by Gasteiger charge is -2.33. The number of rotatable bonds is 2. The Labute approximate surface area is 123 Å². The number of amides is 1. The lowest BCUT2D eigenvalue weighted by Crippen LogP contribution is -2.42. The number of hydrogen-bond donors (Lipinski definition) is 1. The molecular formula is C15H21N5O. The van der Waals surface area contributed by atoms with E-state index in [1.165, 1.54) is 0 Å². The second-order valence-corrected chi connectivity index (χ2v) is 5.88. The molecular weight excluding hydrogens is 266 g/mol. The standard InChI is InChI=1S/C15H21N5O/c1-10-3-8-20-14(18-10)13(9-17-20)15(21)19-6-4-12(5-7-19)11(2)16/h3,8-9,11-12H,4-7,16H2,1-2H3. The summed E-state index contributed by atoms with van der Waals surface area (Å²) in [7, 11) is 0. The summed E-state index contributed by atoms with van der Waals surface area (Å²) >= 11 is 0. The zero-order valence-corrected chi connectivity index (χ0v) is 12.5. The molecule has 0 saturated carbocycles. The Morgan fingerprint density at radius 2 is 2.14 bits per heavy atom. The van der Waals surface area contributed by atoms with Crippen LogP contribution in [0.5, 0.6) is 0 Å². The molecule has 0 aromatic carbocycles. The highest BCUT2D eigenvalue weighted by Crippen LogP contribution is 2.22. The quantitative estimate of drug-likeness (QED) is 0.901. The highest BCUT2D eigenvalue weighted by Gasteiger charge is 2.27. The van der Waals surface area contributed by atoms with Crippen LogP contribution in [-0.4, -0.2) is 44.5 Å². The summed E-state index contributed by atoms with van der Waals surface area (Å²) in [6.07, 6.45) is 5.38. The number of carbonyl (C=O) groups is 1. The van der Waals surface area contributed by atoms with Crippen molar-refractivity contribution < 1.29 is 4.79 Å². The molecule has 6 nitrogen and oxygen atoms in total. The van der Waals surface area contributed by atoms with Gasteiger partial charge in [-0.3, -0.25) is 4.79 Å². The van der Waals surface area contributed by atoms with Gasteiger partial charge in [0, 0.05) is 31.0 Å². The minimum Gasteiger partial charge on any atom is -0.338 e. The molecule has 0 bridgehead atoms. The van der Waals surface area contributed by atoms with Gasteiger partial charge in [0.25, 0.3) is 5.91 Å². The van der Waals surface area contributed by atoms with Gasteiger partial charge in [-0.25, -0.2) is 9.50 Å². The van der Waals surface area contributed by atoms with E-state index in [9.17, 15) is 4.79 Å². The van der Waals surface area contributed by atoms with Crippen LogP contribution in [0.3, 0.4) is 0 Å². The molecule has 21 heavy (non-hydrogen) atoms. The molecule has 0 spiro atoms. The Kier molecular flexibility index (Phi) is 3.63. The fourth-order valence-electron chi connectivity index (χ4n) is 2.91. The van der Waals surface area contributed by atoms with E-state index in [1.807, 2.05) is 31.0 Å². The van der Waals surface area contributed by atoms with Crippen LogP contribution in [-0.2, 0) is 0 Å². The molecule has 3 rings (SSSR count). The van der Waals surface area contributed by atoms with Gasteiger partial charge in [-0.2, -0.15) is 5.10 Å². The van der Waals surface area contributed by atoms with Crippen LogP contribution in [0.4, 0.5) is 0 Å². The zero-order valence-electron chi connectivity index (χ0n) is 12.5. The molecule has 1 saturated heterocycles. The van der Waals surface area contributed by atoms with Crippen molar-refractivity contribution in [3.63, 3.8) is 0 Å². The summed E-state index contributed by atoms with van der Waals surface area (Å²) < 4.78 is 1.65. The summed E-state index contributed by atoms with van der Waals surface area (Å²) in [6, 6.07) is 2.08. The molecule has 3 heterocycles. The van der Waals surface area contributed by atoms with Crippen molar-refractivity contribution >= 4 is 11.6 Å². The smallest absolute Gasteiger partial charge is 0.259 e. The topological polar surface area (TPSA) is 76.5 Å². The third kappa shape index (κ3) is 2.63. The maximum Gasteiger partial charge on any atom is 0.259 e. The van der Waals surface area contributed by atoms with Gasteiger partial charge in [-0.15, -0.1) is 0 Å². The molecule has 1 unspecified atom stereocenters. The highest BCUT2D eigenvalue weighted by molar-refractivity contribution is 5.99. The van der Waals surface area contributed by atoms with E-state index in [1.54, 1.807) is 10.7 Å². The predicted molar refractivity (Wildman–Crippen MR) is 80.0 cm³/mol. The summed E-state index contributed by atoms with van der Waals surface area (Å²) in [4.78, 5) is 19.0. The SMILES string of the molecule is Cc1ccn2ncc(C(=O)N3CCC(C(C)N)CC3)c2n1. The molecule has 0 aliphatic carbocycles. The Bertz CT molecular complexity index is 655. The Morgan fingerprint density at radius 1 is 1.43 bits per heavy atom. The minimum atomic E-state index is 0.0197. The Hall–Kier alpha value is -1.95. The zero-order chi connectivity index (χ0) is 15.0. The van der Waals surface area contributed by atoms with Crippen LogP contribution in [0, 0.1) is 12.8 Å². The van der Waals surface area contributed by atoms with Gasteiger partial charge < -0.3 is 10.6 Å². The third-order valence-electron chi connectivity index (χ3n) is 4.31. The van der Waals surface area contributed by atoms with Crippen LogP contribution in [0.25, 0.3) is 5.65 Å². The average Bonchev–Trinajstić information content (AvgIpc) is 2.89. The van der Waals surface area contributed by atoms with Gasteiger partial charge in [-0.05, 0) is 38.7 Å². The first-order valence-electron chi connectivity index (χ1n) is 7.42. The van der Waals surface area contributed by atoms with E-state index < -0.39 is 0 Å². The lowest BCUT2D eigenvalue weighted by atomic mass is 9.91. The number of piperidine rings is 1. The highest BCUT2D eigenvalue weighted by atomic mass is 16.2. The largest absolute Gasteiger partial charge is 0.338 e. The minimum absolute atomic E-state index is 0.0197. The summed E-state index contributed by atoms with van der Waals surface area (Å²) in [5.41, 5.74) is 8.04. The van der Waals surface area contributed by atoms with Gasteiger partial charge in [-0.1, -0.05) is 0 Å². The number of carbonyl (C=O) groups excluding carboxylic acids is 1. The number of nitrogens with zero attached hydrogens (tertiary/aromatic N) is 4. The fraction of sp³-hybridized carbons (Fsp3) is 0.533. The number of likely N-dealkylation sites (tertiary alicyclic amines) is 1. The monoisotopic (exact) mass is 287 g/mol. The molecule has 2 N–H and O–H groups in total. The van der Waals surface area contributed by atoms with Crippen molar-refractivity contribution in [2.45, 2.75) is 32.7 Å². The van der Waals surface area contributed by atoms with Crippen LogP contribution < -0.4 is 5.73 Å². The van der Waals surface area contributed by atoms with E-state index in [2.05, 4.69) is 10.1 Å². The van der Waals surface area contributed by atoms with E-state index in [0.29, 0.717) is 17.1 Å².